The van der Waals surface area contributed by atoms with E-state index >= 15 is 0 Å². The van der Waals surface area contributed by atoms with Gasteiger partial charge in [-0.05, 0) is 47.3 Å². The Morgan fingerprint density at radius 2 is 2.15 bits per heavy atom. The highest BCUT2D eigenvalue weighted by molar-refractivity contribution is 14.1. The molecule has 2 aromatic rings. The van der Waals surface area contributed by atoms with Gasteiger partial charge in [0.05, 0.1) is 0 Å². The zero-order valence-corrected chi connectivity index (χ0v) is 13.3. The molecular weight excluding hydrogens is 369 g/mol. The second-order valence-electron chi connectivity index (χ2n) is 4.33. The molecule has 2 rings (SSSR count). The number of halogens is 1. The molecule has 5 nitrogen and oxygen atoms in total. The molecule has 0 radical (unpaired) electrons. The Kier molecular flexibility index (Phi) is 5.13. The number of carbonyl (C=O) groups excluding carboxylic acids is 1. The normalized spacial score (nSPS) is 10.7. The van der Waals surface area contributed by atoms with Gasteiger partial charge in [-0.2, -0.15) is 0 Å². The molecule has 6 heteroatoms. The predicted molar refractivity (Wildman–Crippen MR) is 88.2 cm³/mol. The average molecular weight is 385 g/mol. The maximum absolute atomic E-state index is 12.3. The summed E-state index contributed by atoms with van der Waals surface area (Å²) in [5, 5.41) is 6.37. The van der Waals surface area contributed by atoms with Gasteiger partial charge in [0.1, 0.15) is 5.56 Å². The lowest BCUT2D eigenvalue weighted by atomic mass is 10.1. The summed E-state index contributed by atoms with van der Waals surface area (Å²) in [6.07, 6.45) is 1.47. The Balaban J connectivity index is 2.24. The van der Waals surface area contributed by atoms with E-state index in [2.05, 4.69) is 38.2 Å². The predicted octanol–water partition coefficient (Wildman–Crippen LogP) is 1.47. The van der Waals surface area contributed by atoms with Crippen molar-refractivity contribution < 1.29 is 4.79 Å². The minimum atomic E-state index is -0.343. The van der Waals surface area contributed by atoms with Crippen molar-refractivity contribution in [2.45, 2.75) is 6.92 Å². The van der Waals surface area contributed by atoms with Crippen molar-refractivity contribution in [2.75, 3.05) is 19.6 Å². The second-order valence-corrected chi connectivity index (χ2v) is 5.58. The first-order valence-corrected chi connectivity index (χ1v) is 7.51. The molecule has 0 aliphatic heterocycles. The fourth-order valence-corrected chi connectivity index (χ4v) is 2.39. The third-order valence-corrected chi connectivity index (χ3v) is 3.60. The first-order chi connectivity index (χ1) is 9.63. The average Bonchev–Trinajstić information content (AvgIpc) is 2.44. The number of benzene rings is 1. The first kappa shape index (κ1) is 15.0. The Morgan fingerprint density at radius 1 is 1.35 bits per heavy atom. The van der Waals surface area contributed by atoms with Crippen LogP contribution in [-0.2, 0) is 0 Å². The van der Waals surface area contributed by atoms with Crippen LogP contribution in [0.25, 0.3) is 10.9 Å². The largest absolute Gasteiger partial charge is 0.360 e. The maximum Gasteiger partial charge on any atom is 0.256 e. The van der Waals surface area contributed by atoms with E-state index in [-0.39, 0.29) is 16.9 Å². The molecule has 0 unspecified atom stereocenters. The summed E-state index contributed by atoms with van der Waals surface area (Å²) in [5.41, 5.74) is 0.647. The van der Waals surface area contributed by atoms with E-state index in [0.717, 1.165) is 15.6 Å². The molecular formula is C14H16IN3O2. The van der Waals surface area contributed by atoms with Gasteiger partial charge in [0.15, 0.2) is 0 Å². The van der Waals surface area contributed by atoms with E-state index in [1.807, 2.05) is 19.1 Å². The van der Waals surface area contributed by atoms with Gasteiger partial charge in [-0.1, -0.05) is 6.92 Å². The monoisotopic (exact) mass is 385 g/mol. The smallest absolute Gasteiger partial charge is 0.256 e. The number of pyridine rings is 1. The lowest BCUT2D eigenvalue weighted by molar-refractivity contribution is 0.0953. The fraction of sp³-hybridized carbons (Fsp3) is 0.286. The number of likely N-dealkylation sites (N-methyl/N-ethyl adjacent to an activating group) is 1. The lowest BCUT2D eigenvalue weighted by Crippen LogP contribution is -2.34. The number of rotatable bonds is 5. The molecule has 1 aromatic heterocycles. The maximum atomic E-state index is 12.3. The van der Waals surface area contributed by atoms with Gasteiger partial charge in [0.25, 0.3) is 5.91 Å². The number of nitrogens with one attached hydrogen (secondary N) is 3. The van der Waals surface area contributed by atoms with Crippen molar-refractivity contribution >= 4 is 39.4 Å². The van der Waals surface area contributed by atoms with Crippen LogP contribution in [0.3, 0.4) is 0 Å². The fourth-order valence-electron chi connectivity index (χ4n) is 1.90. The number of aromatic nitrogens is 1. The van der Waals surface area contributed by atoms with Crippen molar-refractivity contribution in [2.24, 2.45) is 0 Å². The Labute approximate surface area is 130 Å². The van der Waals surface area contributed by atoms with Crippen LogP contribution < -0.4 is 16.1 Å². The highest BCUT2D eigenvalue weighted by Crippen LogP contribution is 2.12. The standard InChI is InChI=1S/C14H16IN3O2/c1-2-16-5-6-17-14(20)11-8-18-12-4-3-9(15)7-10(12)13(11)19/h3-4,7-8,16H,2,5-6H2,1H3,(H,17,20)(H,18,19). The van der Waals surface area contributed by atoms with Crippen LogP contribution in [0.2, 0.25) is 0 Å². The summed E-state index contributed by atoms with van der Waals surface area (Å²) in [6, 6.07) is 5.53. The minimum absolute atomic E-state index is 0.149. The molecule has 0 saturated carbocycles. The summed E-state index contributed by atoms with van der Waals surface area (Å²) in [7, 11) is 0. The van der Waals surface area contributed by atoms with Crippen LogP contribution >= 0.6 is 22.6 Å². The van der Waals surface area contributed by atoms with E-state index in [0.29, 0.717) is 18.5 Å². The molecule has 0 bridgehead atoms. The summed E-state index contributed by atoms with van der Waals surface area (Å²) in [5.74, 6) is -0.343. The SMILES string of the molecule is CCNCCNC(=O)c1c[nH]c2ccc(I)cc2c1=O. The van der Waals surface area contributed by atoms with Gasteiger partial charge in [-0.25, -0.2) is 0 Å². The van der Waals surface area contributed by atoms with Crippen LogP contribution in [0.1, 0.15) is 17.3 Å². The van der Waals surface area contributed by atoms with Gasteiger partial charge in [0, 0.05) is 33.8 Å². The lowest BCUT2D eigenvalue weighted by Gasteiger charge is -2.06. The molecule has 0 atom stereocenters. The molecule has 1 aromatic carbocycles. The van der Waals surface area contributed by atoms with Gasteiger partial charge < -0.3 is 15.6 Å². The first-order valence-electron chi connectivity index (χ1n) is 6.43. The van der Waals surface area contributed by atoms with E-state index < -0.39 is 0 Å². The van der Waals surface area contributed by atoms with Crippen molar-refractivity contribution in [3.05, 3.63) is 43.8 Å². The highest BCUT2D eigenvalue weighted by Gasteiger charge is 2.12. The molecule has 20 heavy (non-hydrogen) atoms. The van der Waals surface area contributed by atoms with Crippen LogP contribution in [0.15, 0.2) is 29.2 Å². The quantitative estimate of drug-likeness (QED) is 0.539. The van der Waals surface area contributed by atoms with Crippen molar-refractivity contribution in [3.8, 4) is 0 Å². The summed E-state index contributed by atoms with van der Waals surface area (Å²) < 4.78 is 0.963. The second kappa shape index (κ2) is 6.85. The van der Waals surface area contributed by atoms with E-state index in [9.17, 15) is 9.59 Å². The Bertz CT molecular complexity index is 682. The number of hydrogen-bond donors (Lipinski definition) is 3. The molecule has 0 aliphatic carbocycles. The van der Waals surface area contributed by atoms with Crippen LogP contribution in [0.5, 0.6) is 0 Å². The number of fused-ring (bicyclic) bond motifs is 1. The Morgan fingerprint density at radius 3 is 2.90 bits per heavy atom. The molecule has 106 valence electrons. The number of carbonyl (C=O) groups is 1. The van der Waals surface area contributed by atoms with Crippen LogP contribution in [0.4, 0.5) is 0 Å². The molecule has 0 aliphatic rings. The third kappa shape index (κ3) is 3.37. The van der Waals surface area contributed by atoms with Crippen LogP contribution in [-0.4, -0.2) is 30.5 Å². The Hall–Kier alpha value is -1.41. The minimum Gasteiger partial charge on any atom is -0.360 e. The van der Waals surface area contributed by atoms with Crippen molar-refractivity contribution in [3.63, 3.8) is 0 Å². The number of aromatic amines is 1. The van der Waals surface area contributed by atoms with Crippen molar-refractivity contribution in [1.29, 1.82) is 0 Å². The zero-order valence-electron chi connectivity index (χ0n) is 11.1. The van der Waals surface area contributed by atoms with Gasteiger partial charge in [0.2, 0.25) is 5.43 Å². The molecule has 0 spiro atoms. The summed E-state index contributed by atoms with van der Waals surface area (Å²) in [4.78, 5) is 27.3. The zero-order chi connectivity index (χ0) is 14.5. The molecule has 3 N–H and O–H groups in total. The highest BCUT2D eigenvalue weighted by atomic mass is 127. The third-order valence-electron chi connectivity index (χ3n) is 2.92. The topological polar surface area (TPSA) is 74.0 Å². The molecule has 0 fully saturated rings. The van der Waals surface area contributed by atoms with E-state index in [4.69, 9.17) is 0 Å². The van der Waals surface area contributed by atoms with E-state index in [1.54, 1.807) is 6.07 Å². The number of amides is 1. The van der Waals surface area contributed by atoms with E-state index in [1.165, 1.54) is 6.20 Å². The molecule has 0 saturated heterocycles. The summed E-state index contributed by atoms with van der Waals surface area (Å²) >= 11 is 2.14. The molecule has 1 heterocycles. The van der Waals surface area contributed by atoms with Crippen LogP contribution in [0, 0.1) is 3.57 Å². The molecule has 1 amide bonds. The van der Waals surface area contributed by atoms with Gasteiger partial charge in [-0.15, -0.1) is 0 Å². The van der Waals surface area contributed by atoms with Crippen molar-refractivity contribution in [1.82, 2.24) is 15.6 Å². The number of H-pyrrole nitrogens is 1. The van der Waals surface area contributed by atoms with Gasteiger partial charge in [-0.3, -0.25) is 9.59 Å². The summed E-state index contributed by atoms with van der Waals surface area (Å²) in [6.45, 7) is 4.03. The van der Waals surface area contributed by atoms with Gasteiger partial charge >= 0.3 is 0 Å². The number of hydrogen-bond acceptors (Lipinski definition) is 3.